The number of esters is 1. The molecule has 0 radical (unpaired) electrons. The maximum absolute atomic E-state index is 13.5. The molecule has 2 aromatic carbocycles. The number of nitrogens with two attached hydrogens (primary N) is 2. The topological polar surface area (TPSA) is 220 Å². The van der Waals surface area contributed by atoms with Crippen molar-refractivity contribution >= 4 is 65.5 Å². The van der Waals surface area contributed by atoms with Gasteiger partial charge in [-0.2, -0.15) is 25.8 Å². The molecule has 1 heterocycles. The summed E-state index contributed by atoms with van der Waals surface area (Å²) in [6.45, 7) is -0.689. The van der Waals surface area contributed by atoms with Crippen LogP contribution < -0.4 is 32.2 Å². The van der Waals surface area contributed by atoms with Gasteiger partial charge in [-0.3, -0.25) is 33.7 Å². The number of rotatable bonds is 11. The number of hydrogen-bond donors (Lipinski definition) is 6. The highest BCUT2D eigenvalue weighted by molar-refractivity contribution is 8.14. The van der Waals surface area contributed by atoms with E-state index in [1.165, 1.54) is 12.1 Å². The van der Waals surface area contributed by atoms with E-state index in [0.29, 0.717) is 16.0 Å². The lowest BCUT2D eigenvalue weighted by Crippen LogP contribution is -2.56. The molecule has 0 aliphatic carbocycles. The minimum Gasteiger partial charge on any atom is -0.420 e. The highest BCUT2D eigenvalue weighted by Gasteiger charge is 2.41. The van der Waals surface area contributed by atoms with Crippen LogP contribution in [0.3, 0.4) is 0 Å². The zero-order chi connectivity index (χ0) is 38.4. The molecular weight excluding hydrogens is 730 g/mol. The number of carbonyl (C=O) groups excluding carboxylic acids is 7. The first-order valence-corrected chi connectivity index (χ1v) is 17.5. The monoisotopic (exact) mass is 768 g/mol. The average Bonchev–Trinajstić information content (AvgIpc) is 3.11. The molecule has 1 fully saturated rings. The van der Waals surface area contributed by atoms with E-state index in [1.54, 1.807) is 30.3 Å². The molecule has 282 valence electrons. The molecule has 1 saturated heterocycles. The normalized spacial score (nSPS) is 21.3. The summed E-state index contributed by atoms with van der Waals surface area (Å²) in [4.78, 5) is 90.9. The number of benzene rings is 2. The first-order chi connectivity index (χ1) is 24.7. The molecule has 1 aliphatic rings. The summed E-state index contributed by atoms with van der Waals surface area (Å²) in [5.41, 5.74) is 13.1. The van der Waals surface area contributed by atoms with Gasteiger partial charge < -0.3 is 32.2 Å². The number of carbonyl (C=O) groups is 7. The van der Waals surface area contributed by atoms with Gasteiger partial charge in [0.2, 0.25) is 35.2 Å². The fourth-order valence-corrected chi connectivity index (χ4v) is 6.40. The van der Waals surface area contributed by atoms with Gasteiger partial charge in [0.05, 0.1) is 18.6 Å². The Balaban J connectivity index is 1.84. The van der Waals surface area contributed by atoms with Gasteiger partial charge >= 0.3 is 12.1 Å². The van der Waals surface area contributed by atoms with E-state index in [2.05, 4.69) is 33.3 Å². The maximum Gasteiger partial charge on any atom is 0.491 e. The van der Waals surface area contributed by atoms with Crippen LogP contribution in [0.15, 0.2) is 54.6 Å². The van der Waals surface area contributed by atoms with Gasteiger partial charge in [0.15, 0.2) is 0 Å². The quantitative estimate of drug-likeness (QED) is 0.0796. The van der Waals surface area contributed by atoms with Gasteiger partial charge in [-0.05, 0) is 54.7 Å². The predicted molar refractivity (Wildman–Crippen MR) is 187 cm³/mol. The summed E-state index contributed by atoms with van der Waals surface area (Å²) in [6.07, 6.45) is -5.26. The first kappa shape index (κ1) is 42.0. The number of halogens is 3. The lowest BCUT2D eigenvalue weighted by atomic mass is 10.0. The molecule has 0 saturated carbocycles. The van der Waals surface area contributed by atoms with Gasteiger partial charge in [-0.1, -0.05) is 54.2 Å². The number of thiol groups is 1. The van der Waals surface area contributed by atoms with E-state index in [9.17, 15) is 46.7 Å². The van der Waals surface area contributed by atoms with E-state index >= 15 is 0 Å². The predicted octanol–water partition coefficient (Wildman–Crippen LogP) is 0.407. The summed E-state index contributed by atoms with van der Waals surface area (Å²) in [5.74, 6) is -5.89. The average molecular weight is 769 g/mol. The van der Waals surface area contributed by atoms with Gasteiger partial charge in [-0.25, -0.2) is 4.79 Å². The van der Waals surface area contributed by atoms with Crippen molar-refractivity contribution < 1.29 is 51.5 Å². The standard InChI is InChI=1S/C33H39F3N6O8S2/c34-33(35,36)32(49)50-21-8-6-20(7-9-21)14-23(38)30(47)42(18-43)26-11-10-22(16-37)52-31(48)24(12-13-51)41-28(45)25(15-19-4-2-1-3-5-19)40-27(44)17-39-29(26)46/h1-9,18,22-26,51H,10-17,37-38H2,(H,39,46)(H,40,44)(H,41,45)/t22?,23-,24-,25-,26-/m0/s1. The van der Waals surface area contributed by atoms with Crippen molar-refractivity contribution in [2.45, 2.75) is 67.7 Å². The van der Waals surface area contributed by atoms with Crippen LogP contribution in [0.4, 0.5) is 13.2 Å². The molecule has 2 aromatic rings. The molecule has 1 unspecified atom stereocenters. The molecule has 14 nitrogen and oxygen atoms in total. The zero-order valence-corrected chi connectivity index (χ0v) is 29.4. The maximum atomic E-state index is 13.5. The number of hydrogen-bond acceptors (Lipinski definition) is 12. The molecule has 1 aliphatic heterocycles. The Labute approximate surface area is 306 Å². The molecule has 7 N–H and O–H groups in total. The number of nitrogens with zero attached hydrogens (tertiary/aromatic N) is 1. The van der Waals surface area contributed by atoms with E-state index in [1.807, 2.05) is 0 Å². The van der Waals surface area contributed by atoms with Crippen LogP contribution >= 0.6 is 24.4 Å². The number of alkyl halides is 3. The van der Waals surface area contributed by atoms with Crippen LogP contribution in [-0.2, 0) is 46.4 Å². The van der Waals surface area contributed by atoms with Crippen LogP contribution in [0.25, 0.3) is 0 Å². The Morgan fingerprint density at radius 1 is 0.981 bits per heavy atom. The van der Waals surface area contributed by atoms with Gasteiger partial charge in [0.1, 0.15) is 17.8 Å². The van der Waals surface area contributed by atoms with E-state index in [-0.39, 0.29) is 50.8 Å². The highest BCUT2D eigenvalue weighted by Crippen LogP contribution is 2.24. The molecule has 5 amide bonds. The second kappa shape index (κ2) is 20.0. The van der Waals surface area contributed by atoms with Crippen LogP contribution in [0, 0.1) is 0 Å². The van der Waals surface area contributed by atoms with Crippen molar-refractivity contribution in [3.63, 3.8) is 0 Å². The largest absolute Gasteiger partial charge is 0.491 e. The Morgan fingerprint density at radius 3 is 2.25 bits per heavy atom. The Kier molecular flexibility index (Phi) is 16.1. The molecule has 3 rings (SSSR count). The number of ether oxygens (including phenoxy) is 1. The fraction of sp³-hybridized carbons (Fsp3) is 0.424. The number of nitrogens with one attached hydrogen (secondary N) is 3. The molecule has 0 spiro atoms. The molecule has 52 heavy (non-hydrogen) atoms. The third-order valence-electron chi connectivity index (χ3n) is 7.83. The summed E-state index contributed by atoms with van der Waals surface area (Å²) in [5, 5.41) is 6.62. The van der Waals surface area contributed by atoms with Gasteiger partial charge in [0, 0.05) is 18.2 Å². The lowest BCUT2D eigenvalue weighted by Gasteiger charge is -2.29. The van der Waals surface area contributed by atoms with Gasteiger partial charge in [-0.15, -0.1) is 0 Å². The second-order valence-corrected chi connectivity index (χ2v) is 13.4. The van der Waals surface area contributed by atoms with Crippen molar-refractivity contribution in [1.29, 1.82) is 0 Å². The minimum absolute atomic E-state index is 0.0420. The van der Waals surface area contributed by atoms with Crippen molar-refractivity contribution in [2.24, 2.45) is 11.5 Å². The molecular formula is C33H39F3N6O8S2. The van der Waals surface area contributed by atoms with Crippen molar-refractivity contribution in [3.8, 4) is 5.75 Å². The summed E-state index contributed by atoms with van der Waals surface area (Å²) >= 11 is 5.05. The molecule has 19 heteroatoms. The highest BCUT2D eigenvalue weighted by atomic mass is 32.2. The molecule has 0 bridgehead atoms. The Hall–Kier alpha value is -4.46. The third kappa shape index (κ3) is 12.6. The summed E-state index contributed by atoms with van der Waals surface area (Å²) in [6, 6.07) is 8.36. The SMILES string of the molecule is NCC1CC[C@H](N(C=O)C(=O)[C@@H](N)Cc2ccc(OC(=O)C(F)(F)F)cc2)C(=O)NCC(=O)N[C@@H](Cc2ccccc2)C(=O)N[C@@H](CCS)C(=O)S1. The number of amides is 5. The zero-order valence-electron chi connectivity index (χ0n) is 27.7. The summed E-state index contributed by atoms with van der Waals surface area (Å²) < 4.78 is 41.8. The number of imide groups is 1. The lowest BCUT2D eigenvalue weighted by molar-refractivity contribution is -0.189. The molecule has 5 atom stereocenters. The van der Waals surface area contributed by atoms with Gasteiger partial charge in [0.25, 0.3) is 0 Å². The van der Waals surface area contributed by atoms with E-state index in [0.717, 1.165) is 23.9 Å². The molecule has 0 aromatic heterocycles. The van der Waals surface area contributed by atoms with Crippen molar-refractivity contribution in [2.75, 3.05) is 18.8 Å². The summed E-state index contributed by atoms with van der Waals surface area (Å²) in [7, 11) is 0. The third-order valence-corrected chi connectivity index (χ3v) is 9.37. The van der Waals surface area contributed by atoms with Crippen LogP contribution in [0.1, 0.15) is 30.4 Å². The van der Waals surface area contributed by atoms with Crippen LogP contribution in [-0.4, -0.2) is 100 Å². The Bertz CT molecular complexity index is 1590. The fourth-order valence-electron chi connectivity index (χ4n) is 5.12. The van der Waals surface area contributed by atoms with Crippen molar-refractivity contribution in [1.82, 2.24) is 20.9 Å². The Morgan fingerprint density at radius 2 is 1.65 bits per heavy atom. The van der Waals surface area contributed by atoms with Crippen LogP contribution in [0.2, 0.25) is 0 Å². The minimum atomic E-state index is -5.21. The van der Waals surface area contributed by atoms with Crippen molar-refractivity contribution in [3.05, 3.63) is 65.7 Å². The number of thioether (sulfide) groups is 1. The first-order valence-electron chi connectivity index (χ1n) is 16.0. The van der Waals surface area contributed by atoms with E-state index < -0.39 is 82.6 Å². The van der Waals surface area contributed by atoms with Crippen LogP contribution in [0.5, 0.6) is 5.75 Å². The second-order valence-electron chi connectivity index (χ2n) is 11.7. The van der Waals surface area contributed by atoms with E-state index in [4.69, 9.17) is 11.5 Å². The smallest absolute Gasteiger partial charge is 0.420 e.